The van der Waals surface area contributed by atoms with Crippen molar-refractivity contribution < 1.29 is 48.5 Å². The van der Waals surface area contributed by atoms with Crippen LogP contribution in [-0.2, 0) is 43.8 Å². The smallest absolute Gasteiger partial charge is 0.319 e. The van der Waals surface area contributed by atoms with E-state index >= 15 is 0 Å². The fraction of sp³-hybridized carbons (Fsp3) is 0.882. The molecule has 0 aromatic carbocycles. The van der Waals surface area contributed by atoms with Gasteiger partial charge in [0.25, 0.3) is 0 Å². The molecule has 2 radical (unpaired) electrons. The number of carbonyl (C=O) groups is 2. The summed E-state index contributed by atoms with van der Waals surface area (Å²) in [5.74, 6) is 2.25. The monoisotopic (exact) mass is 1100 g/mol. The van der Waals surface area contributed by atoms with Crippen LogP contribution in [0, 0.1) is 38.9 Å². The van der Waals surface area contributed by atoms with Gasteiger partial charge < -0.3 is 46.1 Å². The second-order valence-electron chi connectivity index (χ2n) is 24.5. The number of amides is 3. The molecule has 0 aromatic heterocycles. The van der Waals surface area contributed by atoms with Gasteiger partial charge in [-0.1, -0.05) is 130 Å². The maximum atomic E-state index is 11.4. The Morgan fingerprint density at radius 2 is 0.877 bits per heavy atom. The van der Waals surface area contributed by atoms with Crippen LogP contribution in [0.3, 0.4) is 0 Å². The van der Waals surface area contributed by atoms with Crippen molar-refractivity contribution in [3.63, 3.8) is 0 Å². The Balaban J connectivity index is -0.000000100. The molecule has 0 spiro atoms. The third kappa shape index (κ3) is 66.6. The van der Waals surface area contributed by atoms with E-state index in [2.05, 4.69) is 163 Å². The molecule has 3 amide bonds. The number of aliphatic imine (C=N–C) groups is 3. The molecule has 0 aliphatic carbocycles. The molecule has 0 unspecified atom stereocenters. The van der Waals surface area contributed by atoms with E-state index in [1.165, 1.54) is 5.71 Å². The maximum Gasteiger partial charge on any atom is 0.319 e. The Morgan fingerprint density at radius 1 is 0.508 bits per heavy atom. The Hall–Kier alpha value is -1.77. The van der Waals surface area contributed by atoms with E-state index in [9.17, 15) is 9.59 Å². The molecule has 0 aliphatic heterocycles. The summed E-state index contributed by atoms with van der Waals surface area (Å²) in [7, 11) is 22.9. The third-order valence-electron chi connectivity index (χ3n) is 7.72. The van der Waals surface area contributed by atoms with Crippen LogP contribution in [0.5, 0.6) is 0 Å². The van der Waals surface area contributed by atoms with Crippen molar-refractivity contribution >= 4 is 29.4 Å². The van der Waals surface area contributed by atoms with E-state index in [1.807, 2.05) is 87.1 Å². The zero-order chi connectivity index (χ0) is 52.1. The van der Waals surface area contributed by atoms with Crippen LogP contribution in [0.2, 0.25) is 0 Å². The average Bonchev–Trinajstić information content (AvgIpc) is 3.03. The first kappa shape index (κ1) is 80.3. The predicted molar refractivity (Wildman–Crippen MR) is 285 cm³/mol. The van der Waals surface area contributed by atoms with E-state index in [0.29, 0.717) is 21.7 Å². The average molecular weight is 1100 g/mol. The minimum absolute atomic E-state index is 0. The number of nitrogens with zero attached hydrogens (tertiary/aromatic N) is 10. The molecule has 0 fully saturated rings. The van der Waals surface area contributed by atoms with Gasteiger partial charge in [0.05, 0.1) is 5.84 Å². The van der Waals surface area contributed by atoms with Crippen LogP contribution >= 0.6 is 0 Å². The van der Waals surface area contributed by atoms with Gasteiger partial charge in [0, 0.05) is 150 Å². The molecule has 398 valence electrons. The molecule has 0 rings (SSSR count). The van der Waals surface area contributed by atoms with Crippen molar-refractivity contribution in [3.8, 4) is 0 Å². The Morgan fingerprint density at radius 3 is 1.05 bits per heavy atom. The summed E-state index contributed by atoms with van der Waals surface area (Å²) in [5, 5.41) is 4.01. The van der Waals surface area contributed by atoms with Gasteiger partial charge in [-0.05, 0) is 40.4 Å². The molecule has 0 atom stereocenters. The first-order valence-electron chi connectivity index (χ1n) is 22.7. The quantitative estimate of drug-likeness (QED) is 0.109. The van der Waals surface area contributed by atoms with Gasteiger partial charge in [-0.25, -0.2) is 4.79 Å². The second kappa shape index (κ2) is 38.1. The van der Waals surface area contributed by atoms with E-state index < -0.39 is 0 Å². The standard InChI is InChI=1S/C10H23N3.C9H20N2O.C9H20N2.C9H18N.C8H17NO.C6H14N.2Rh/c1-10(2,3)8-13(7)9(11-4)12(5)6;1-9(2,3)7-11(6)8(12)10(4)5;1-8(11(5)6)10-7-9(2,3)4;1-6-8(10-5)7-9(2,3)4;1-7(10)9(5)6-8(2,3)4;1-6(2,3)5-7-4;;/h8H2,1-7H3;7H2,1-6H3;7H2,1-6H3;6H,7H2,1-5H3;6H2,1-5H3;5H2,1-4H3;;/q;;;-1;;-1;;. The Bertz CT molecular complexity index is 1270. The fourth-order valence-corrected chi connectivity index (χ4v) is 5.26. The second-order valence-corrected chi connectivity index (χ2v) is 24.5. The van der Waals surface area contributed by atoms with Crippen LogP contribution in [0.25, 0.3) is 5.32 Å². The first-order valence-corrected chi connectivity index (χ1v) is 22.7. The number of hydrogen-bond donors (Lipinski definition) is 0. The molecule has 0 aromatic rings. The summed E-state index contributed by atoms with van der Waals surface area (Å²) in [6, 6.07) is 0.0601. The number of guanidine groups is 1. The van der Waals surface area contributed by atoms with Gasteiger partial charge in [-0.15, -0.1) is 12.3 Å². The van der Waals surface area contributed by atoms with Crippen molar-refractivity contribution in [1.82, 2.24) is 29.4 Å². The normalized spacial score (nSPS) is 12.0. The largest absolute Gasteiger partial charge is 0.665 e. The minimum atomic E-state index is 0. The number of rotatable bonds is 7. The molecule has 0 bridgehead atoms. The van der Waals surface area contributed by atoms with Crippen molar-refractivity contribution in [2.24, 2.45) is 47.5 Å². The number of amidine groups is 1. The molecule has 14 heteroatoms. The van der Waals surface area contributed by atoms with Crippen molar-refractivity contribution in [2.75, 3.05) is 117 Å². The van der Waals surface area contributed by atoms with E-state index in [-0.39, 0.29) is 61.7 Å². The zero-order valence-electron chi connectivity index (χ0n) is 49.3. The SMILES string of the molecule is CC(=NCC(C)(C)C)N(C)C.CC(=O)N(C)CC(C)(C)C.CN(C)C(=O)N(C)CC(C)(C)C.CN=C(N(C)C)N(C)CC(C)(C)C.C[CH-]C(CC(C)(C)C)=NC.C[N-]CC(C)(C)C.[Rh].[Rh]. The number of urea groups is 1. The molecule has 65 heavy (non-hydrogen) atoms. The molecular formula is C51H112N10O2Rh2-2. The van der Waals surface area contributed by atoms with Crippen LogP contribution < -0.4 is 0 Å². The summed E-state index contributed by atoms with van der Waals surface area (Å²) in [5.41, 5.74) is 2.93. The van der Waals surface area contributed by atoms with Gasteiger partial charge in [0.2, 0.25) is 5.91 Å². The summed E-state index contributed by atoms with van der Waals surface area (Å²) in [6.45, 7) is 49.3. The summed E-state index contributed by atoms with van der Waals surface area (Å²) < 4.78 is 0. The Kier molecular flexibility index (Phi) is 47.1. The number of hydrogen-bond acceptors (Lipinski definition) is 5. The fourth-order valence-electron chi connectivity index (χ4n) is 5.26. The van der Waals surface area contributed by atoms with E-state index in [1.54, 1.807) is 35.7 Å². The summed E-state index contributed by atoms with van der Waals surface area (Å²) in [6.07, 6.45) is 3.14. The van der Waals surface area contributed by atoms with Crippen LogP contribution in [0.15, 0.2) is 15.0 Å². The first-order chi connectivity index (χ1) is 27.7. The summed E-state index contributed by atoms with van der Waals surface area (Å²) >= 11 is 0. The predicted octanol–water partition coefficient (Wildman–Crippen LogP) is 11.4. The third-order valence-corrected chi connectivity index (χ3v) is 7.72. The Labute approximate surface area is 433 Å². The molecular weight excluding hydrogens is 990 g/mol. The van der Waals surface area contributed by atoms with Crippen molar-refractivity contribution in [3.05, 3.63) is 11.7 Å². The van der Waals surface area contributed by atoms with Crippen molar-refractivity contribution in [1.29, 1.82) is 0 Å². The van der Waals surface area contributed by atoms with E-state index in [0.717, 1.165) is 50.9 Å². The summed E-state index contributed by atoms with van der Waals surface area (Å²) in [4.78, 5) is 46.3. The topological polar surface area (TPSA) is 105 Å². The van der Waals surface area contributed by atoms with E-state index in [4.69, 9.17) is 0 Å². The molecule has 0 heterocycles. The van der Waals surface area contributed by atoms with Gasteiger partial charge in [0.1, 0.15) is 0 Å². The van der Waals surface area contributed by atoms with Gasteiger partial charge in [-0.2, -0.15) is 14.0 Å². The van der Waals surface area contributed by atoms with Gasteiger partial charge in [0.15, 0.2) is 5.96 Å². The molecule has 0 N–H and O–H groups in total. The number of carbonyl (C=O) groups excluding carboxylic acids is 2. The van der Waals surface area contributed by atoms with Crippen LogP contribution in [0.1, 0.15) is 152 Å². The van der Waals surface area contributed by atoms with Gasteiger partial charge in [-0.3, -0.25) is 14.8 Å². The van der Waals surface area contributed by atoms with Crippen LogP contribution in [-0.4, -0.2) is 176 Å². The minimum Gasteiger partial charge on any atom is -0.665 e. The molecule has 0 saturated carbocycles. The van der Waals surface area contributed by atoms with Gasteiger partial charge >= 0.3 is 6.03 Å². The molecule has 0 aliphatic rings. The van der Waals surface area contributed by atoms with Crippen molar-refractivity contribution in [2.45, 2.75) is 152 Å². The maximum absolute atomic E-state index is 11.4. The molecule has 0 saturated heterocycles. The van der Waals surface area contributed by atoms with Crippen LogP contribution in [0.4, 0.5) is 4.79 Å². The molecule has 12 nitrogen and oxygen atoms in total. The zero-order valence-corrected chi connectivity index (χ0v) is 52.6.